The van der Waals surface area contributed by atoms with Crippen molar-refractivity contribution in [2.75, 3.05) is 26.0 Å². The molecule has 1 heterocycles. The molecule has 0 bridgehead atoms. The zero-order valence-electron chi connectivity index (χ0n) is 12.3. The van der Waals surface area contributed by atoms with Crippen LogP contribution in [0.15, 0.2) is 4.42 Å². The van der Waals surface area contributed by atoms with Gasteiger partial charge in [-0.25, -0.2) is 0 Å². The minimum atomic E-state index is -0.119. The molecule has 7 nitrogen and oxygen atoms in total. The second-order valence-electron chi connectivity index (χ2n) is 5.38. The van der Waals surface area contributed by atoms with Gasteiger partial charge >= 0.3 is 6.01 Å². The molecule has 2 rings (SSSR count). The molecular formula is C13H23N5O2. The van der Waals surface area contributed by atoms with Gasteiger partial charge in [-0.3, -0.25) is 15.0 Å². The highest BCUT2D eigenvalue weighted by Crippen LogP contribution is 2.22. The standard InChI is InChI=1S/C13H23N5O2/c1-9-16-17-13(20-9)15-12(19)8-18(3)11-6-4-10(14-2)5-7-11/h10-11,14H,4-8H2,1-3H3,(H,15,17,19). The van der Waals surface area contributed by atoms with Crippen LogP contribution in [0, 0.1) is 6.92 Å². The van der Waals surface area contributed by atoms with E-state index in [-0.39, 0.29) is 11.9 Å². The third-order valence-corrected chi connectivity index (χ3v) is 3.89. The summed E-state index contributed by atoms with van der Waals surface area (Å²) < 4.78 is 5.13. The third-order valence-electron chi connectivity index (χ3n) is 3.89. The van der Waals surface area contributed by atoms with E-state index >= 15 is 0 Å². The Labute approximate surface area is 119 Å². The van der Waals surface area contributed by atoms with Gasteiger partial charge in [-0.2, -0.15) is 0 Å². The van der Waals surface area contributed by atoms with E-state index in [1.54, 1.807) is 6.92 Å². The Morgan fingerprint density at radius 1 is 1.35 bits per heavy atom. The SMILES string of the molecule is CNC1CCC(N(C)CC(=O)Nc2nnc(C)o2)CC1. The first-order valence-corrected chi connectivity index (χ1v) is 7.06. The molecule has 0 atom stereocenters. The predicted octanol–water partition coefficient (Wildman–Crippen LogP) is 0.779. The van der Waals surface area contributed by atoms with E-state index in [9.17, 15) is 4.79 Å². The number of anilines is 1. The molecule has 20 heavy (non-hydrogen) atoms. The predicted molar refractivity (Wildman–Crippen MR) is 75.4 cm³/mol. The number of hydrogen-bond donors (Lipinski definition) is 2. The molecule has 1 aliphatic rings. The van der Waals surface area contributed by atoms with Gasteiger partial charge in [0.05, 0.1) is 6.54 Å². The number of nitrogens with zero attached hydrogens (tertiary/aromatic N) is 3. The van der Waals surface area contributed by atoms with E-state index in [0.717, 1.165) is 25.7 Å². The zero-order chi connectivity index (χ0) is 14.5. The van der Waals surface area contributed by atoms with Gasteiger partial charge in [-0.1, -0.05) is 5.10 Å². The summed E-state index contributed by atoms with van der Waals surface area (Å²) in [6.45, 7) is 2.03. The Balaban J connectivity index is 1.76. The molecule has 0 unspecified atom stereocenters. The largest absolute Gasteiger partial charge is 0.408 e. The minimum absolute atomic E-state index is 0.119. The van der Waals surface area contributed by atoms with Gasteiger partial charge in [0, 0.05) is 19.0 Å². The summed E-state index contributed by atoms with van der Waals surface area (Å²) >= 11 is 0. The van der Waals surface area contributed by atoms with Crippen molar-refractivity contribution in [2.24, 2.45) is 0 Å². The first-order valence-electron chi connectivity index (χ1n) is 7.06. The Morgan fingerprint density at radius 2 is 2.05 bits per heavy atom. The van der Waals surface area contributed by atoms with Crippen LogP contribution in [-0.2, 0) is 4.79 Å². The van der Waals surface area contributed by atoms with E-state index in [4.69, 9.17) is 4.42 Å². The molecule has 0 aromatic carbocycles. The summed E-state index contributed by atoms with van der Waals surface area (Å²) in [4.78, 5) is 14.0. The minimum Gasteiger partial charge on any atom is -0.408 e. The van der Waals surface area contributed by atoms with E-state index in [1.807, 2.05) is 14.1 Å². The van der Waals surface area contributed by atoms with Crippen LogP contribution in [0.4, 0.5) is 6.01 Å². The van der Waals surface area contributed by atoms with Gasteiger partial charge in [0.25, 0.3) is 0 Å². The first-order chi connectivity index (χ1) is 9.58. The highest BCUT2D eigenvalue weighted by molar-refractivity contribution is 5.90. The van der Waals surface area contributed by atoms with Crippen molar-refractivity contribution in [3.05, 3.63) is 5.89 Å². The van der Waals surface area contributed by atoms with E-state index in [0.29, 0.717) is 24.5 Å². The number of aromatic nitrogens is 2. The maximum absolute atomic E-state index is 11.9. The first kappa shape index (κ1) is 14.9. The summed E-state index contributed by atoms with van der Waals surface area (Å²) in [5.74, 6) is 0.325. The van der Waals surface area contributed by atoms with Gasteiger partial charge in [0.15, 0.2) is 0 Å². The van der Waals surface area contributed by atoms with Crippen molar-refractivity contribution < 1.29 is 9.21 Å². The van der Waals surface area contributed by atoms with Crippen molar-refractivity contribution >= 4 is 11.9 Å². The van der Waals surface area contributed by atoms with E-state index in [2.05, 4.69) is 25.7 Å². The number of hydrogen-bond acceptors (Lipinski definition) is 6. The summed E-state index contributed by atoms with van der Waals surface area (Å²) in [5.41, 5.74) is 0. The molecule has 1 aliphatic carbocycles. The van der Waals surface area contributed by atoms with Crippen molar-refractivity contribution in [2.45, 2.75) is 44.7 Å². The smallest absolute Gasteiger partial charge is 0.322 e. The molecule has 0 aliphatic heterocycles. The lowest BCUT2D eigenvalue weighted by Gasteiger charge is -2.34. The lowest BCUT2D eigenvalue weighted by atomic mass is 9.90. The van der Waals surface area contributed by atoms with Gasteiger partial charge in [-0.15, -0.1) is 5.10 Å². The number of carbonyl (C=O) groups is 1. The number of aryl methyl sites for hydroxylation is 1. The van der Waals surface area contributed by atoms with Crippen molar-refractivity contribution in [3.63, 3.8) is 0 Å². The molecule has 1 amide bonds. The fourth-order valence-corrected chi connectivity index (χ4v) is 2.67. The summed E-state index contributed by atoms with van der Waals surface area (Å²) in [6, 6.07) is 1.25. The molecule has 7 heteroatoms. The Morgan fingerprint density at radius 3 is 2.60 bits per heavy atom. The lowest BCUT2D eigenvalue weighted by Crippen LogP contribution is -2.42. The summed E-state index contributed by atoms with van der Waals surface area (Å²) in [6.07, 6.45) is 4.57. The van der Waals surface area contributed by atoms with Crippen molar-refractivity contribution in [3.8, 4) is 0 Å². The van der Waals surface area contributed by atoms with Crippen LogP contribution in [0.1, 0.15) is 31.6 Å². The Bertz CT molecular complexity index is 440. The average Bonchev–Trinajstić information content (AvgIpc) is 2.84. The van der Waals surface area contributed by atoms with E-state index < -0.39 is 0 Å². The van der Waals surface area contributed by atoms with Gasteiger partial charge in [0.2, 0.25) is 11.8 Å². The monoisotopic (exact) mass is 281 g/mol. The normalized spacial score (nSPS) is 23.0. The lowest BCUT2D eigenvalue weighted by molar-refractivity contribution is -0.117. The molecule has 2 N–H and O–H groups in total. The molecule has 1 aromatic heterocycles. The van der Waals surface area contributed by atoms with Crippen LogP contribution in [0.5, 0.6) is 0 Å². The molecule has 0 spiro atoms. The molecule has 0 radical (unpaired) electrons. The Kier molecular flexibility index (Phi) is 5.08. The third kappa shape index (κ3) is 4.01. The number of rotatable bonds is 5. The zero-order valence-corrected chi connectivity index (χ0v) is 12.3. The number of amides is 1. The molecule has 1 fully saturated rings. The molecule has 1 aromatic rings. The highest BCUT2D eigenvalue weighted by atomic mass is 16.4. The molecule has 0 saturated heterocycles. The van der Waals surface area contributed by atoms with Crippen LogP contribution in [0.25, 0.3) is 0 Å². The fraction of sp³-hybridized carbons (Fsp3) is 0.769. The number of nitrogens with one attached hydrogen (secondary N) is 2. The van der Waals surface area contributed by atoms with Crippen LogP contribution < -0.4 is 10.6 Å². The summed E-state index contributed by atoms with van der Waals surface area (Å²) in [7, 11) is 4.00. The maximum atomic E-state index is 11.9. The van der Waals surface area contributed by atoms with Gasteiger partial charge in [0.1, 0.15) is 0 Å². The summed E-state index contributed by atoms with van der Waals surface area (Å²) in [5, 5.41) is 13.4. The molecule has 112 valence electrons. The maximum Gasteiger partial charge on any atom is 0.322 e. The Hall–Kier alpha value is -1.47. The van der Waals surface area contributed by atoms with Crippen LogP contribution in [-0.4, -0.2) is 53.7 Å². The highest BCUT2D eigenvalue weighted by Gasteiger charge is 2.24. The topological polar surface area (TPSA) is 83.3 Å². The van der Waals surface area contributed by atoms with Gasteiger partial charge < -0.3 is 9.73 Å². The average molecular weight is 281 g/mol. The van der Waals surface area contributed by atoms with Crippen LogP contribution in [0.2, 0.25) is 0 Å². The van der Waals surface area contributed by atoms with Gasteiger partial charge in [-0.05, 0) is 39.8 Å². The number of likely N-dealkylation sites (N-methyl/N-ethyl adjacent to an activating group) is 1. The van der Waals surface area contributed by atoms with Crippen LogP contribution in [0.3, 0.4) is 0 Å². The van der Waals surface area contributed by atoms with E-state index in [1.165, 1.54) is 0 Å². The van der Waals surface area contributed by atoms with Crippen LogP contribution >= 0.6 is 0 Å². The fourth-order valence-electron chi connectivity index (χ4n) is 2.67. The number of carbonyl (C=O) groups excluding carboxylic acids is 1. The molecular weight excluding hydrogens is 258 g/mol. The molecule has 1 saturated carbocycles. The second kappa shape index (κ2) is 6.81. The second-order valence-corrected chi connectivity index (χ2v) is 5.38. The quantitative estimate of drug-likeness (QED) is 0.830. The van der Waals surface area contributed by atoms with Crippen molar-refractivity contribution in [1.82, 2.24) is 20.4 Å². The van der Waals surface area contributed by atoms with Crippen molar-refractivity contribution in [1.29, 1.82) is 0 Å².